The third-order valence-corrected chi connectivity index (χ3v) is 5.78. The number of rotatable bonds is 5. The van der Waals surface area contributed by atoms with E-state index in [0.717, 1.165) is 24.1 Å². The van der Waals surface area contributed by atoms with Crippen LogP contribution in [0.4, 0.5) is 0 Å². The van der Waals surface area contributed by atoms with E-state index in [1.54, 1.807) is 0 Å². The van der Waals surface area contributed by atoms with Gasteiger partial charge < -0.3 is 10.6 Å². The van der Waals surface area contributed by atoms with Crippen molar-refractivity contribution in [2.45, 2.75) is 31.6 Å². The molecule has 2 aliphatic rings. The molecule has 1 unspecified atom stereocenters. The summed E-state index contributed by atoms with van der Waals surface area (Å²) in [6.07, 6.45) is 3.59. The van der Waals surface area contributed by atoms with Crippen LogP contribution in [-0.4, -0.2) is 25.5 Å². The average Bonchev–Trinajstić information content (AvgIpc) is 2.35. The number of hydrogen-bond acceptors (Lipinski definition) is 2. The second-order valence-electron chi connectivity index (χ2n) is 6.57. The quantitative estimate of drug-likeness (QED) is 0.857. The van der Waals surface area contributed by atoms with Gasteiger partial charge in [0.15, 0.2) is 0 Å². The molecule has 1 aliphatic carbocycles. The molecule has 0 bridgehead atoms. The third-order valence-electron chi connectivity index (χ3n) is 5.28. The second kappa shape index (κ2) is 6.09. The molecule has 1 aromatic rings. The minimum Gasteiger partial charge on any atom is -0.355 e. The molecule has 2 N–H and O–H groups in total. The van der Waals surface area contributed by atoms with E-state index in [0.29, 0.717) is 5.92 Å². The van der Waals surface area contributed by atoms with E-state index in [4.69, 9.17) is 0 Å². The van der Waals surface area contributed by atoms with Crippen LogP contribution < -0.4 is 10.6 Å². The summed E-state index contributed by atoms with van der Waals surface area (Å²) in [4.78, 5) is 12.3. The van der Waals surface area contributed by atoms with Crippen LogP contribution in [0.15, 0.2) is 28.7 Å². The van der Waals surface area contributed by atoms with Crippen LogP contribution in [0.25, 0.3) is 0 Å². The average molecular weight is 351 g/mol. The summed E-state index contributed by atoms with van der Waals surface area (Å²) in [5.74, 6) is 0.835. The molecule has 0 aromatic heterocycles. The molecule has 1 atom stereocenters. The highest BCUT2D eigenvalue weighted by atomic mass is 79.9. The lowest BCUT2D eigenvalue weighted by Crippen LogP contribution is -2.52. The Hall–Kier alpha value is -0.870. The fourth-order valence-corrected chi connectivity index (χ4v) is 3.68. The molecule has 1 amide bonds. The maximum absolute atomic E-state index is 12.3. The smallest absolute Gasteiger partial charge is 0.223 e. The summed E-state index contributed by atoms with van der Waals surface area (Å²) in [6, 6.07) is 8.53. The summed E-state index contributed by atoms with van der Waals surface area (Å²) in [7, 11) is 0. The number of hydrogen-bond donors (Lipinski definition) is 2. The van der Waals surface area contributed by atoms with E-state index < -0.39 is 0 Å². The van der Waals surface area contributed by atoms with Gasteiger partial charge in [0.25, 0.3) is 0 Å². The first-order chi connectivity index (χ1) is 10.1. The van der Waals surface area contributed by atoms with Crippen molar-refractivity contribution in [3.05, 3.63) is 34.3 Å². The Bertz CT molecular complexity index is 523. The SMILES string of the molecule is CC(C(=O)NCC1(c2cccc(Br)c2)CCC1)C1CNC1. The number of nitrogens with one attached hydrogen (secondary N) is 2. The molecule has 1 saturated heterocycles. The standard InChI is InChI=1S/C17H23BrN2O/c1-12(13-9-19-10-13)16(21)20-11-17(6-3-7-17)14-4-2-5-15(18)8-14/h2,4-5,8,12-13,19H,3,6-7,9-11H2,1H3,(H,20,21). The minimum absolute atomic E-state index is 0.117. The van der Waals surface area contributed by atoms with Gasteiger partial charge in [0, 0.05) is 22.4 Å². The number of amides is 1. The number of carbonyl (C=O) groups excluding carboxylic acids is 1. The number of halogens is 1. The van der Waals surface area contributed by atoms with Crippen LogP contribution >= 0.6 is 15.9 Å². The van der Waals surface area contributed by atoms with Gasteiger partial charge in [0.2, 0.25) is 5.91 Å². The Morgan fingerprint density at radius 1 is 1.48 bits per heavy atom. The highest BCUT2D eigenvalue weighted by molar-refractivity contribution is 9.10. The molecule has 1 saturated carbocycles. The Kier molecular flexibility index (Phi) is 4.36. The van der Waals surface area contributed by atoms with Crippen molar-refractivity contribution in [2.75, 3.05) is 19.6 Å². The van der Waals surface area contributed by atoms with Crippen LogP contribution in [0.2, 0.25) is 0 Å². The molecular weight excluding hydrogens is 328 g/mol. The Balaban J connectivity index is 1.63. The molecule has 21 heavy (non-hydrogen) atoms. The molecule has 1 aliphatic heterocycles. The van der Waals surface area contributed by atoms with Crippen molar-refractivity contribution >= 4 is 21.8 Å². The molecule has 0 radical (unpaired) electrons. The first-order valence-electron chi connectivity index (χ1n) is 7.85. The molecule has 1 heterocycles. The molecule has 0 spiro atoms. The zero-order chi connectivity index (χ0) is 14.9. The normalized spacial score (nSPS) is 22.0. The van der Waals surface area contributed by atoms with Crippen molar-refractivity contribution in [2.24, 2.45) is 11.8 Å². The number of benzene rings is 1. The lowest BCUT2D eigenvalue weighted by atomic mass is 9.64. The monoisotopic (exact) mass is 350 g/mol. The topological polar surface area (TPSA) is 41.1 Å². The highest BCUT2D eigenvalue weighted by Gasteiger charge is 2.39. The lowest BCUT2D eigenvalue weighted by Gasteiger charge is -2.43. The van der Waals surface area contributed by atoms with Crippen molar-refractivity contribution < 1.29 is 4.79 Å². The van der Waals surface area contributed by atoms with E-state index in [-0.39, 0.29) is 17.2 Å². The zero-order valence-corrected chi connectivity index (χ0v) is 14.1. The van der Waals surface area contributed by atoms with Crippen molar-refractivity contribution in [1.82, 2.24) is 10.6 Å². The lowest BCUT2D eigenvalue weighted by molar-refractivity contribution is -0.127. The van der Waals surface area contributed by atoms with Gasteiger partial charge in [-0.15, -0.1) is 0 Å². The Morgan fingerprint density at radius 3 is 2.76 bits per heavy atom. The van der Waals surface area contributed by atoms with Gasteiger partial charge in [-0.25, -0.2) is 0 Å². The van der Waals surface area contributed by atoms with Gasteiger partial charge in [-0.05, 0) is 49.5 Å². The predicted molar refractivity (Wildman–Crippen MR) is 88.2 cm³/mol. The van der Waals surface area contributed by atoms with Crippen LogP contribution in [0.5, 0.6) is 0 Å². The molecule has 4 heteroatoms. The van der Waals surface area contributed by atoms with E-state index in [2.05, 4.69) is 50.8 Å². The highest BCUT2D eigenvalue weighted by Crippen LogP contribution is 2.43. The fraction of sp³-hybridized carbons (Fsp3) is 0.588. The Morgan fingerprint density at radius 2 is 2.24 bits per heavy atom. The molecular formula is C17H23BrN2O. The van der Waals surface area contributed by atoms with Crippen LogP contribution in [0.3, 0.4) is 0 Å². The van der Waals surface area contributed by atoms with Gasteiger partial charge in [-0.2, -0.15) is 0 Å². The maximum Gasteiger partial charge on any atom is 0.223 e. The maximum atomic E-state index is 12.3. The summed E-state index contributed by atoms with van der Waals surface area (Å²) in [6.45, 7) is 4.77. The van der Waals surface area contributed by atoms with Gasteiger partial charge in [0.05, 0.1) is 0 Å². The third kappa shape index (κ3) is 3.02. The van der Waals surface area contributed by atoms with Gasteiger partial charge in [0.1, 0.15) is 0 Å². The number of carbonyl (C=O) groups is 1. The molecule has 3 rings (SSSR count). The van der Waals surface area contributed by atoms with Crippen molar-refractivity contribution in [1.29, 1.82) is 0 Å². The van der Waals surface area contributed by atoms with Crippen LogP contribution in [-0.2, 0) is 10.2 Å². The molecule has 3 nitrogen and oxygen atoms in total. The first kappa shape index (κ1) is 15.0. The zero-order valence-electron chi connectivity index (χ0n) is 12.5. The van der Waals surface area contributed by atoms with Crippen LogP contribution in [0, 0.1) is 11.8 Å². The van der Waals surface area contributed by atoms with Gasteiger partial charge in [-0.1, -0.05) is 41.4 Å². The predicted octanol–water partition coefficient (Wildman–Crippen LogP) is 2.84. The van der Waals surface area contributed by atoms with Crippen LogP contribution in [0.1, 0.15) is 31.7 Å². The first-order valence-corrected chi connectivity index (χ1v) is 8.64. The van der Waals surface area contributed by atoms with E-state index in [1.165, 1.54) is 24.8 Å². The van der Waals surface area contributed by atoms with E-state index >= 15 is 0 Å². The second-order valence-corrected chi connectivity index (χ2v) is 7.48. The summed E-state index contributed by atoms with van der Waals surface area (Å²) < 4.78 is 1.12. The largest absolute Gasteiger partial charge is 0.355 e. The molecule has 2 fully saturated rings. The van der Waals surface area contributed by atoms with Gasteiger partial charge >= 0.3 is 0 Å². The summed E-state index contributed by atoms with van der Waals surface area (Å²) in [5, 5.41) is 6.45. The van der Waals surface area contributed by atoms with Crippen molar-refractivity contribution in [3.8, 4) is 0 Å². The Labute approximate surface area is 135 Å². The molecule has 114 valence electrons. The van der Waals surface area contributed by atoms with E-state index in [9.17, 15) is 4.79 Å². The summed E-state index contributed by atoms with van der Waals surface area (Å²) >= 11 is 3.55. The van der Waals surface area contributed by atoms with E-state index in [1.807, 2.05) is 6.92 Å². The fourth-order valence-electron chi connectivity index (χ4n) is 3.29. The summed E-state index contributed by atoms with van der Waals surface area (Å²) in [5.41, 5.74) is 1.50. The van der Waals surface area contributed by atoms with Gasteiger partial charge in [-0.3, -0.25) is 4.79 Å². The molecule has 1 aromatic carbocycles. The minimum atomic E-state index is 0.117. The van der Waals surface area contributed by atoms with Crippen molar-refractivity contribution in [3.63, 3.8) is 0 Å².